The quantitative estimate of drug-likeness (QED) is 0.734. The second kappa shape index (κ2) is 4.08. The number of piperazine rings is 3. The van der Waals surface area contributed by atoms with E-state index in [-0.39, 0.29) is 0 Å². The number of nitrogens with two attached hydrogens (primary N) is 1. The van der Waals surface area contributed by atoms with Crippen molar-refractivity contribution < 1.29 is 0 Å². The number of rotatable bonds is 2. The predicted molar refractivity (Wildman–Crippen MR) is 60.7 cm³/mol. The van der Waals surface area contributed by atoms with Crippen molar-refractivity contribution >= 4 is 0 Å². The molecule has 16 heavy (non-hydrogen) atoms. The van der Waals surface area contributed by atoms with E-state index < -0.39 is 0 Å². The molecule has 1 atom stereocenters. The SMILES string of the molecule is NCc1ccnc(C2CN3CCN2CC3)n1. The molecule has 3 aliphatic rings. The summed E-state index contributed by atoms with van der Waals surface area (Å²) in [7, 11) is 0. The van der Waals surface area contributed by atoms with Crippen molar-refractivity contribution in [2.45, 2.75) is 12.6 Å². The lowest BCUT2D eigenvalue weighted by molar-refractivity contribution is 0.00856. The van der Waals surface area contributed by atoms with Crippen LogP contribution in [0.5, 0.6) is 0 Å². The second-order valence-electron chi connectivity index (χ2n) is 4.46. The Morgan fingerprint density at radius 1 is 1.31 bits per heavy atom. The molecule has 1 unspecified atom stereocenters. The zero-order valence-corrected chi connectivity index (χ0v) is 9.34. The molecular formula is C11H17N5. The molecule has 86 valence electrons. The minimum absolute atomic E-state index is 0.369. The Balaban J connectivity index is 1.86. The molecule has 2 N–H and O–H groups in total. The van der Waals surface area contributed by atoms with Crippen LogP contribution in [0.2, 0.25) is 0 Å². The van der Waals surface area contributed by atoms with Gasteiger partial charge < -0.3 is 5.73 Å². The lowest BCUT2D eigenvalue weighted by Gasteiger charge is -2.46. The Hall–Kier alpha value is -1.04. The molecule has 0 aromatic carbocycles. The fraction of sp³-hybridized carbons (Fsp3) is 0.636. The molecule has 1 aromatic heterocycles. The van der Waals surface area contributed by atoms with Gasteiger partial charge in [0.2, 0.25) is 0 Å². The fourth-order valence-electron chi connectivity index (χ4n) is 2.55. The van der Waals surface area contributed by atoms with Crippen LogP contribution in [0.1, 0.15) is 17.6 Å². The molecule has 3 aliphatic heterocycles. The number of fused-ring (bicyclic) bond motifs is 3. The third-order valence-electron chi connectivity index (χ3n) is 3.52. The van der Waals surface area contributed by atoms with Gasteiger partial charge >= 0.3 is 0 Å². The van der Waals surface area contributed by atoms with Gasteiger partial charge in [0.05, 0.1) is 11.7 Å². The van der Waals surface area contributed by atoms with E-state index in [2.05, 4.69) is 19.8 Å². The van der Waals surface area contributed by atoms with Gasteiger partial charge in [0, 0.05) is 45.5 Å². The van der Waals surface area contributed by atoms with E-state index in [1.165, 1.54) is 13.1 Å². The van der Waals surface area contributed by atoms with Crippen LogP contribution < -0.4 is 5.73 Å². The third kappa shape index (κ3) is 1.71. The lowest BCUT2D eigenvalue weighted by Crippen LogP contribution is -2.57. The first-order valence-electron chi connectivity index (χ1n) is 5.85. The summed E-state index contributed by atoms with van der Waals surface area (Å²) < 4.78 is 0. The highest BCUT2D eigenvalue weighted by Crippen LogP contribution is 2.26. The minimum atomic E-state index is 0.369. The molecule has 0 saturated carbocycles. The predicted octanol–water partition coefficient (Wildman–Crippen LogP) is -0.392. The van der Waals surface area contributed by atoms with Crippen LogP contribution in [0.15, 0.2) is 12.3 Å². The van der Waals surface area contributed by atoms with Crippen LogP contribution in [-0.4, -0.2) is 52.5 Å². The normalized spacial score (nSPS) is 32.9. The van der Waals surface area contributed by atoms with Gasteiger partial charge in [-0.05, 0) is 6.07 Å². The molecule has 0 amide bonds. The van der Waals surface area contributed by atoms with Crippen molar-refractivity contribution in [3.8, 4) is 0 Å². The maximum Gasteiger partial charge on any atom is 0.147 e. The maximum atomic E-state index is 5.61. The van der Waals surface area contributed by atoms with Crippen LogP contribution in [0, 0.1) is 0 Å². The second-order valence-corrected chi connectivity index (χ2v) is 4.46. The molecular weight excluding hydrogens is 202 g/mol. The summed E-state index contributed by atoms with van der Waals surface area (Å²) in [4.78, 5) is 13.9. The number of aromatic nitrogens is 2. The van der Waals surface area contributed by atoms with Gasteiger partial charge in [0.15, 0.2) is 0 Å². The Kier molecular flexibility index (Phi) is 2.59. The molecule has 0 spiro atoms. The number of hydrogen-bond donors (Lipinski definition) is 1. The summed E-state index contributed by atoms with van der Waals surface area (Å²) in [5.74, 6) is 0.937. The van der Waals surface area contributed by atoms with Crippen molar-refractivity contribution in [1.29, 1.82) is 0 Å². The van der Waals surface area contributed by atoms with Crippen LogP contribution in [-0.2, 0) is 6.54 Å². The van der Waals surface area contributed by atoms with Gasteiger partial charge in [-0.25, -0.2) is 9.97 Å². The first kappa shape index (κ1) is 10.1. The summed E-state index contributed by atoms with van der Waals surface area (Å²) in [5.41, 5.74) is 6.54. The Morgan fingerprint density at radius 3 is 2.75 bits per heavy atom. The summed E-state index contributed by atoms with van der Waals surface area (Å²) in [6, 6.07) is 2.26. The Morgan fingerprint density at radius 2 is 2.12 bits per heavy atom. The third-order valence-corrected chi connectivity index (χ3v) is 3.52. The van der Waals surface area contributed by atoms with Gasteiger partial charge in [-0.1, -0.05) is 0 Å². The van der Waals surface area contributed by atoms with Gasteiger partial charge in [0.1, 0.15) is 5.82 Å². The van der Waals surface area contributed by atoms with Crippen molar-refractivity contribution in [2.24, 2.45) is 5.73 Å². The molecule has 2 bridgehead atoms. The molecule has 0 radical (unpaired) electrons. The van der Waals surface area contributed by atoms with E-state index >= 15 is 0 Å². The van der Waals surface area contributed by atoms with Crippen LogP contribution in [0.3, 0.4) is 0 Å². The zero-order valence-electron chi connectivity index (χ0n) is 9.34. The highest BCUT2D eigenvalue weighted by molar-refractivity contribution is 5.07. The Labute approximate surface area is 95.3 Å². The molecule has 3 fully saturated rings. The van der Waals surface area contributed by atoms with Crippen LogP contribution in [0.25, 0.3) is 0 Å². The summed E-state index contributed by atoms with van der Waals surface area (Å²) in [5, 5.41) is 0. The molecule has 4 rings (SSSR count). The number of hydrogen-bond acceptors (Lipinski definition) is 5. The average molecular weight is 219 g/mol. The Bertz CT molecular complexity index is 372. The zero-order chi connectivity index (χ0) is 11.0. The van der Waals surface area contributed by atoms with Gasteiger partial charge in [-0.3, -0.25) is 9.80 Å². The van der Waals surface area contributed by atoms with Crippen molar-refractivity contribution in [1.82, 2.24) is 19.8 Å². The standard InChI is InChI=1S/C11H17N5/c12-7-9-1-2-13-11(14-9)10-8-15-3-5-16(10)6-4-15/h1-2,10H,3-8,12H2. The van der Waals surface area contributed by atoms with E-state index in [9.17, 15) is 0 Å². The van der Waals surface area contributed by atoms with Gasteiger partial charge in [-0.15, -0.1) is 0 Å². The van der Waals surface area contributed by atoms with E-state index in [0.29, 0.717) is 12.6 Å². The fourth-order valence-corrected chi connectivity index (χ4v) is 2.55. The molecule has 0 aliphatic carbocycles. The molecule has 5 nitrogen and oxygen atoms in total. The molecule has 4 heterocycles. The largest absolute Gasteiger partial charge is 0.325 e. The minimum Gasteiger partial charge on any atom is -0.325 e. The highest BCUT2D eigenvalue weighted by Gasteiger charge is 2.34. The van der Waals surface area contributed by atoms with Gasteiger partial charge in [-0.2, -0.15) is 0 Å². The van der Waals surface area contributed by atoms with E-state index in [4.69, 9.17) is 5.73 Å². The van der Waals surface area contributed by atoms with Crippen molar-refractivity contribution in [2.75, 3.05) is 32.7 Å². The topological polar surface area (TPSA) is 58.3 Å². The van der Waals surface area contributed by atoms with Crippen LogP contribution >= 0.6 is 0 Å². The first-order chi connectivity index (χ1) is 7.86. The maximum absolute atomic E-state index is 5.61. The molecule has 5 heteroatoms. The highest BCUT2D eigenvalue weighted by atomic mass is 15.4. The average Bonchev–Trinajstić information content (AvgIpc) is 2.40. The summed E-state index contributed by atoms with van der Waals surface area (Å²) in [6.45, 7) is 6.21. The summed E-state index contributed by atoms with van der Waals surface area (Å²) >= 11 is 0. The van der Waals surface area contributed by atoms with E-state index in [1.54, 1.807) is 0 Å². The van der Waals surface area contributed by atoms with Gasteiger partial charge in [0.25, 0.3) is 0 Å². The van der Waals surface area contributed by atoms with E-state index in [1.807, 2.05) is 12.3 Å². The van der Waals surface area contributed by atoms with E-state index in [0.717, 1.165) is 31.2 Å². The monoisotopic (exact) mass is 219 g/mol. The number of nitrogens with zero attached hydrogens (tertiary/aromatic N) is 4. The molecule has 3 saturated heterocycles. The molecule has 1 aromatic rings. The van der Waals surface area contributed by atoms with Crippen molar-refractivity contribution in [3.63, 3.8) is 0 Å². The van der Waals surface area contributed by atoms with Crippen LogP contribution in [0.4, 0.5) is 0 Å². The first-order valence-corrected chi connectivity index (χ1v) is 5.85. The summed E-state index contributed by atoms with van der Waals surface area (Å²) in [6.07, 6.45) is 1.82. The smallest absolute Gasteiger partial charge is 0.147 e. The van der Waals surface area contributed by atoms with Crippen molar-refractivity contribution in [3.05, 3.63) is 23.8 Å². The lowest BCUT2D eigenvalue weighted by atomic mass is 10.1.